The highest BCUT2D eigenvalue weighted by Gasteiger charge is 2.33. The maximum absolute atomic E-state index is 12.3. The summed E-state index contributed by atoms with van der Waals surface area (Å²) < 4.78 is 10.8. The molecular formula is C16H15ClN2O3. The monoisotopic (exact) mass is 318 g/mol. The van der Waals surface area contributed by atoms with Crippen LogP contribution in [0.4, 0.5) is 0 Å². The molecule has 0 unspecified atom stereocenters. The predicted octanol–water partition coefficient (Wildman–Crippen LogP) is 2.65. The normalized spacial score (nSPS) is 14.4. The van der Waals surface area contributed by atoms with Crippen molar-refractivity contribution in [2.75, 3.05) is 20.2 Å². The van der Waals surface area contributed by atoms with Crippen LogP contribution < -0.4 is 9.47 Å². The summed E-state index contributed by atoms with van der Waals surface area (Å²) in [5.41, 5.74) is 0.605. The molecule has 0 aliphatic carbocycles. The molecule has 0 N–H and O–H groups in total. The van der Waals surface area contributed by atoms with Crippen LogP contribution in [0.3, 0.4) is 0 Å². The molecule has 1 fully saturated rings. The molecule has 0 radical (unpaired) electrons. The highest BCUT2D eigenvalue weighted by Crippen LogP contribution is 2.25. The number of carbonyl (C=O) groups is 1. The molecule has 1 aromatic heterocycles. The first-order chi connectivity index (χ1) is 10.7. The zero-order valence-corrected chi connectivity index (χ0v) is 12.8. The topological polar surface area (TPSA) is 51.7 Å². The van der Waals surface area contributed by atoms with Crippen molar-refractivity contribution < 1.29 is 14.3 Å². The number of benzene rings is 1. The fourth-order valence-electron chi connectivity index (χ4n) is 2.23. The number of hydrogen-bond acceptors (Lipinski definition) is 4. The maximum Gasteiger partial charge on any atom is 0.254 e. The summed E-state index contributed by atoms with van der Waals surface area (Å²) in [5, 5.41) is 0.472. The number of rotatable bonds is 4. The summed E-state index contributed by atoms with van der Waals surface area (Å²) in [6.45, 7) is 1.03. The third kappa shape index (κ3) is 2.99. The van der Waals surface area contributed by atoms with E-state index in [0.717, 1.165) is 0 Å². The molecule has 1 aliphatic rings. The summed E-state index contributed by atoms with van der Waals surface area (Å²) in [5.74, 6) is 1.04. The van der Waals surface area contributed by atoms with Crippen LogP contribution in [0.15, 0.2) is 42.6 Å². The molecule has 6 heteroatoms. The van der Waals surface area contributed by atoms with Gasteiger partial charge in [0.2, 0.25) is 5.88 Å². The lowest BCUT2D eigenvalue weighted by atomic mass is 10.1. The number of pyridine rings is 1. The SMILES string of the molecule is COc1cccc(C(=O)N2CC(Oc3ncccc3Cl)C2)c1. The molecule has 1 aromatic carbocycles. The van der Waals surface area contributed by atoms with Crippen molar-refractivity contribution in [2.24, 2.45) is 0 Å². The van der Waals surface area contributed by atoms with Crippen molar-refractivity contribution in [3.8, 4) is 11.6 Å². The van der Waals surface area contributed by atoms with Gasteiger partial charge in [0.05, 0.1) is 20.2 Å². The third-order valence-corrected chi connectivity index (χ3v) is 3.74. The Balaban J connectivity index is 1.59. The van der Waals surface area contributed by atoms with Gasteiger partial charge < -0.3 is 14.4 Å². The van der Waals surface area contributed by atoms with Gasteiger partial charge in [-0.1, -0.05) is 17.7 Å². The second-order valence-electron chi connectivity index (χ2n) is 4.97. The highest BCUT2D eigenvalue weighted by molar-refractivity contribution is 6.31. The smallest absolute Gasteiger partial charge is 0.254 e. The number of likely N-dealkylation sites (tertiary alicyclic amines) is 1. The summed E-state index contributed by atoms with van der Waals surface area (Å²) in [6.07, 6.45) is 1.54. The average Bonchev–Trinajstić information content (AvgIpc) is 2.51. The van der Waals surface area contributed by atoms with Crippen molar-refractivity contribution in [1.82, 2.24) is 9.88 Å². The van der Waals surface area contributed by atoms with E-state index < -0.39 is 0 Å². The second-order valence-corrected chi connectivity index (χ2v) is 5.38. The number of aromatic nitrogens is 1. The van der Waals surface area contributed by atoms with Crippen molar-refractivity contribution in [3.63, 3.8) is 0 Å². The second kappa shape index (κ2) is 6.23. The number of amides is 1. The van der Waals surface area contributed by atoms with Gasteiger partial charge in [0, 0.05) is 11.8 Å². The molecule has 1 saturated heterocycles. The predicted molar refractivity (Wildman–Crippen MR) is 82.6 cm³/mol. The summed E-state index contributed by atoms with van der Waals surface area (Å²) in [6, 6.07) is 10.6. The summed E-state index contributed by atoms with van der Waals surface area (Å²) in [4.78, 5) is 18.1. The molecule has 5 nitrogen and oxygen atoms in total. The van der Waals surface area contributed by atoms with Crippen LogP contribution in [-0.4, -0.2) is 42.1 Å². The molecule has 22 heavy (non-hydrogen) atoms. The van der Waals surface area contributed by atoms with Crippen LogP contribution in [0.25, 0.3) is 0 Å². The number of ether oxygens (including phenoxy) is 2. The first-order valence-corrected chi connectivity index (χ1v) is 7.25. The van der Waals surface area contributed by atoms with Crippen molar-refractivity contribution >= 4 is 17.5 Å². The van der Waals surface area contributed by atoms with Crippen LogP contribution in [0.2, 0.25) is 5.02 Å². The number of hydrogen-bond donors (Lipinski definition) is 0. The zero-order chi connectivity index (χ0) is 15.5. The molecular weight excluding hydrogens is 304 g/mol. The number of methoxy groups -OCH3 is 1. The van der Waals surface area contributed by atoms with Crippen LogP contribution in [-0.2, 0) is 0 Å². The average molecular weight is 319 g/mol. The standard InChI is InChI=1S/C16H15ClN2O3/c1-21-12-5-2-4-11(8-12)16(20)19-9-13(10-19)22-15-14(17)6-3-7-18-15/h2-8,13H,9-10H2,1H3. The lowest BCUT2D eigenvalue weighted by Crippen LogP contribution is -2.56. The molecule has 1 amide bonds. The Morgan fingerprint density at radius 1 is 1.32 bits per heavy atom. The fraction of sp³-hybridized carbons (Fsp3) is 0.250. The molecule has 0 spiro atoms. The maximum atomic E-state index is 12.3. The first-order valence-electron chi connectivity index (χ1n) is 6.88. The van der Waals surface area contributed by atoms with Crippen LogP contribution in [0.1, 0.15) is 10.4 Å². The number of carbonyl (C=O) groups excluding carboxylic acids is 1. The van der Waals surface area contributed by atoms with Crippen LogP contribution in [0, 0.1) is 0 Å². The van der Waals surface area contributed by atoms with Gasteiger partial charge in [-0.15, -0.1) is 0 Å². The number of nitrogens with zero attached hydrogens (tertiary/aromatic N) is 2. The molecule has 3 rings (SSSR count). The van der Waals surface area contributed by atoms with Crippen LogP contribution in [0.5, 0.6) is 11.6 Å². The minimum atomic E-state index is -0.0815. The van der Waals surface area contributed by atoms with E-state index in [4.69, 9.17) is 21.1 Å². The Labute approximate surface area is 133 Å². The quantitative estimate of drug-likeness (QED) is 0.869. The molecule has 0 saturated carbocycles. The van der Waals surface area contributed by atoms with Gasteiger partial charge in [-0.25, -0.2) is 4.98 Å². The third-order valence-electron chi connectivity index (χ3n) is 3.45. The van der Waals surface area contributed by atoms with Crippen molar-refractivity contribution in [3.05, 3.63) is 53.2 Å². The molecule has 0 bridgehead atoms. The Bertz CT molecular complexity index is 687. The van der Waals surface area contributed by atoms with E-state index in [0.29, 0.717) is 35.3 Å². The molecule has 2 heterocycles. The number of halogens is 1. The highest BCUT2D eigenvalue weighted by atomic mass is 35.5. The van der Waals surface area contributed by atoms with E-state index in [1.165, 1.54) is 0 Å². The van der Waals surface area contributed by atoms with Gasteiger partial charge in [0.15, 0.2) is 0 Å². The Kier molecular flexibility index (Phi) is 4.15. The van der Waals surface area contributed by atoms with Gasteiger partial charge in [-0.3, -0.25) is 4.79 Å². The fourth-order valence-corrected chi connectivity index (χ4v) is 2.40. The minimum Gasteiger partial charge on any atom is -0.497 e. The van der Waals surface area contributed by atoms with E-state index in [-0.39, 0.29) is 12.0 Å². The van der Waals surface area contributed by atoms with Gasteiger partial charge in [0.1, 0.15) is 16.9 Å². The Morgan fingerprint density at radius 3 is 2.86 bits per heavy atom. The molecule has 2 aromatic rings. The molecule has 1 aliphatic heterocycles. The van der Waals surface area contributed by atoms with Crippen LogP contribution >= 0.6 is 11.6 Å². The summed E-state index contributed by atoms with van der Waals surface area (Å²) in [7, 11) is 1.58. The first kappa shape index (κ1) is 14.7. The van der Waals surface area contributed by atoms with E-state index in [9.17, 15) is 4.79 Å². The zero-order valence-electron chi connectivity index (χ0n) is 12.0. The molecule has 114 valence electrons. The van der Waals surface area contributed by atoms with Gasteiger partial charge in [-0.2, -0.15) is 0 Å². The van der Waals surface area contributed by atoms with E-state index in [1.807, 2.05) is 6.07 Å². The van der Waals surface area contributed by atoms with E-state index >= 15 is 0 Å². The van der Waals surface area contributed by atoms with Gasteiger partial charge in [0.25, 0.3) is 5.91 Å². The van der Waals surface area contributed by atoms with E-state index in [1.54, 1.807) is 48.5 Å². The lowest BCUT2D eigenvalue weighted by molar-refractivity contribution is 0.0160. The van der Waals surface area contributed by atoms with Gasteiger partial charge >= 0.3 is 0 Å². The van der Waals surface area contributed by atoms with Gasteiger partial charge in [-0.05, 0) is 30.3 Å². The Hall–Kier alpha value is -2.27. The van der Waals surface area contributed by atoms with Crippen molar-refractivity contribution in [1.29, 1.82) is 0 Å². The Morgan fingerprint density at radius 2 is 2.14 bits per heavy atom. The van der Waals surface area contributed by atoms with E-state index in [2.05, 4.69) is 4.98 Å². The lowest BCUT2D eigenvalue weighted by Gasteiger charge is -2.38. The summed E-state index contributed by atoms with van der Waals surface area (Å²) >= 11 is 6.00. The van der Waals surface area contributed by atoms with Crippen molar-refractivity contribution in [2.45, 2.75) is 6.10 Å². The molecule has 0 atom stereocenters. The largest absolute Gasteiger partial charge is 0.497 e. The minimum absolute atomic E-state index is 0.0362.